The van der Waals surface area contributed by atoms with Crippen molar-refractivity contribution in [2.45, 2.75) is 19.4 Å². The van der Waals surface area contributed by atoms with Crippen LogP contribution in [0.2, 0.25) is 5.02 Å². The van der Waals surface area contributed by atoms with Gasteiger partial charge in [0.25, 0.3) is 0 Å². The van der Waals surface area contributed by atoms with E-state index in [-0.39, 0.29) is 18.0 Å². The highest BCUT2D eigenvalue weighted by molar-refractivity contribution is 6.33. The molecule has 3 amide bonds. The van der Waals surface area contributed by atoms with Crippen LogP contribution in [0, 0.1) is 6.92 Å². The molecule has 0 radical (unpaired) electrons. The maximum Gasteiger partial charge on any atom is 0.317 e. The number of halogens is 1. The van der Waals surface area contributed by atoms with E-state index in [0.29, 0.717) is 26.1 Å². The van der Waals surface area contributed by atoms with Gasteiger partial charge in [-0.2, -0.15) is 0 Å². The minimum absolute atomic E-state index is 0.0442. The molecule has 6 nitrogen and oxygen atoms in total. The summed E-state index contributed by atoms with van der Waals surface area (Å²) in [4.78, 5) is 30.9. The van der Waals surface area contributed by atoms with Gasteiger partial charge in [-0.15, -0.1) is 0 Å². The molecule has 1 N–H and O–H groups in total. The van der Waals surface area contributed by atoms with Gasteiger partial charge in [0, 0.05) is 44.8 Å². The first-order valence-corrected chi connectivity index (χ1v) is 10.3. The van der Waals surface area contributed by atoms with Gasteiger partial charge in [-0.25, -0.2) is 4.79 Å². The Kier molecular flexibility index (Phi) is 5.62. The number of rotatable bonds is 3. The number of nitrogens with one attached hydrogen (secondary N) is 1. The van der Waals surface area contributed by atoms with Gasteiger partial charge in [-0.1, -0.05) is 41.4 Å². The molecule has 7 heteroatoms. The summed E-state index contributed by atoms with van der Waals surface area (Å²) in [5, 5.41) is 3.76. The van der Waals surface area contributed by atoms with Crippen LogP contribution in [0.4, 0.5) is 16.2 Å². The molecule has 0 aromatic heterocycles. The predicted octanol–water partition coefficient (Wildman–Crippen LogP) is 3.29. The number of carbonyl (C=O) groups is 2. The first-order chi connectivity index (χ1) is 14.0. The zero-order valence-electron chi connectivity index (χ0n) is 16.5. The Balaban J connectivity index is 1.31. The Bertz CT molecular complexity index is 894. The van der Waals surface area contributed by atoms with Crippen LogP contribution >= 0.6 is 11.6 Å². The molecular formula is C22H25ClN4O2. The molecule has 4 rings (SSSR count). The van der Waals surface area contributed by atoms with E-state index >= 15 is 0 Å². The predicted molar refractivity (Wildman–Crippen MR) is 116 cm³/mol. The average molecular weight is 413 g/mol. The van der Waals surface area contributed by atoms with Crippen molar-refractivity contribution < 1.29 is 9.59 Å². The number of urea groups is 1. The lowest BCUT2D eigenvalue weighted by Gasteiger charge is -2.36. The number of hydrogen-bond donors (Lipinski definition) is 1. The molecule has 2 aromatic rings. The minimum atomic E-state index is -0.169. The van der Waals surface area contributed by atoms with Crippen LogP contribution in [0.3, 0.4) is 0 Å². The fourth-order valence-electron chi connectivity index (χ4n) is 3.90. The number of piperazine rings is 1. The molecule has 0 bridgehead atoms. The molecule has 29 heavy (non-hydrogen) atoms. The van der Waals surface area contributed by atoms with E-state index in [1.165, 1.54) is 0 Å². The number of anilines is 2. The zero-order chi connectivity index (χ0) is 20.4. The van der Waals surface area contributed by atoms with E-state index in [9.17, 15) is 9.59 Å². The van der Waals surface area contributed by atoms with E-state index in [4.69, 9.17) is 11.6 Å². The van der Waals surface area contributed by atoms with Gasteiger partial charge in [0.05, 0.1) is 16.8 Å². The monoisotopic (exact) mass is 412 g/mol. The summed E-state index contributed by atoms with van der Waals surface area (Å²) in [7, 11) is 0. The van der Waals surface area contributed by atoms with Crippen LogP contribution in [0.15, 0.2) is 48.5 Å². The minimum Gasteiger partial charge on any atom is -0.367 e. The third kappa shape index (κ3) is 4.32. The summed E-state index contributed by atoms with van der Waals surface area (Å²) in [5.74, 6) is 0.0442. The SMILES string of the molecule is Cc1ccc(N2C[C@H](NC(=O)N3CCN(c4ccccc4Cl)CC3)CC2=O)cc1. The van der Waals surface area contributed by atoms with E-state index in [0.717, 1.165) is 35.1 Å². The van der Waals surface area contributed by atoms with E-state index in [1.807, 2.05) is 60.4 Å². The topological polar surface area (TPSA) is 55.9 Å². The zero-order valence-corrected chi connectivity index (χ0v) is 17.2. The highest BCUT2D eigenvalue weighted by Gasteiger charge is 2.33. The number of para-hydroxylation sites is 1. The smallest absolute Gasteiger partial charge is 0.317 e. The third-order valence-corrected chi connectivity index (χ3v) is 5.88. The lowest BCUT2D eigenvalue weighted by atomic mass is 10.2. The fourth-order valence-corrected chi connectivity index (χ4v) is 4.16. The van der Waals surface area contributed by atoms with E-state index in [1.54, 1.807) is 4.90 Å². The molecule has 2 aromatic carbocycles. The van der Waals surface area contributed by atoms with Gasteiger partial charge < -0.3 is 20.0 Å². The second-order valence-electron chi connectivity index (χ2n) is 7.62. The largest absolute Gasteiger partial charge is 0.367 e. The molecule has 0 unspecified atom stereocenters. The number of benzene rings is 2. The van der Waals surface area contributed by atoms with Crippen molar-refractivity contribution in [3.8, 4) is 0 Å². The second kappa shape index (κ2) is 8.33. The Morgan fingerprint density at radius 1 is 1.03 bits per heavy atom. The van der Waals surface area contributed by atoms with Crippen LogP contribution in [-0.2, 0) is 4.79 Å². The van der Waals surface area contributed by atoms with Crippen LogP contribution in [0.1, 0.15) is 12.0 Å². The van der Waals surface area contributed by atoms with Gasteiger partial charge in [0.1, 0.15) is 0 Å². The molecular weight excluding hydrogens is 388 g/mol. The first kappa shape index (κ1) is 19.6. The van der Waals surface area contributed by atoms with Crippen molar-refractivity contribution in [2.24, 2.45) is 0 Å². The third-order valence-electron chi connectivity index (χ3n) is 5.56. The number of amides is 3. The van der Waals surface area contributed by atoms with Crippen molar-refractivity contribution in [1.29, 1.82) is 0 Å². The number of carbonyl (C=O) groups excluding carboxylic acids is 2. The highest BCUT2D eigenvalue weighted by Crippen LogP contribution is 2.26. The molecule has 0 saturated carbocycles. The molecule has 2 saturated heterocycles. The van der Waals surface area contributed by atoms with E-state index in [2.05, 4.69) is 10.2 Å². The number of aryl methyl sites for hydroxylation is 1. The van der Waals surface area contributed by atoms with Gasteiger partial charge in [-0.05, 0) is 31.2 Å². The molecule has 2 fully saturated rings. The Morgan fingerprint density at radius 2 is 1.72 bits per heavy atom. The summed E-state index contributed by atoms with van der Waals surface area (Å²) >= 11 is 6.29. The summed E-state index contributed by atoms with van der Waals surface area (Å²) < 4.78 is 0. The van der Waals surface area contributed by atoms with Crippen molar-refractivity contribution in [3.63, 3.8) is 0 Å². The molecule has 2 heterocycles. The summed E-state index contributed by atoms with van der Waals surface area (Å²) in [6, 6.07) is 15.4. The molecule has 2 aliphatic rings. The standard InChI is InChI=1S/C22H25ClN4O2/c1-16-6-8-18(9-7-16)27-15-17(14-21(27)28)24-22(29)26-12-10-25(11-13-26)20-5-3-2-4-19(20)23/h2-9,17H,10-15H2,1H3,(H,24,29)/t17-/m1/s1. The van der Waals surface area contributed by atoms with Crippen molar-refractivity contribution in [3.05, 3.63) is 59.1 Å². The number of hydrogen-bond acceptors (Lipinski definition) is 3. The van der Waals surface area contributed by atoms with Crippen molar-refractivity contribution in [2.75, 3.05) is 42.5 Å². The lowest BCUT2D eigenvalue weighted by Crippen LogP contribution is -2.54. The summed E-state index contributed by atoms with van der Waals surface area (Å²) in [5.41, 5.74) is 3.04. The fraction of sp³-hybridized carbons (Fsp3) is 0.364. The number of nitrogens with zero attached hydrogens (tertiary/aromatic N) is 3. The van der Waals surface area contributed by atoms with Crippen LogP contribution in [0.25, 0.3) is 0 Å². The van der Waals surface area contributed by atoms with Gasteiger partial charge in [0.2, 0.25) is 5.91 Å². The average Bonchev–Trinajstić information content (AvgIpc) is 3.09. The van der Waals surface area contributed by atoms with Crippen molar-refractivity contribution >= 4 is 34.9 Å². The maximum absolute atomic E-state index is 12.7. The van der Waals surface area contributed by atoms with Gasteiger partial charge >= 0.3 is 6.03 Å². The second-order valence-corrected chi connectivity index (χ2v) is 8.02. The Hall–Kier alpha value is -2.73. The van der Waals surface area contributed by atoms with Crippen molar-refractivity contribution in [1.82, 2.24) is 10.2 Å². The Labute approximate surface area is 176 Å². The van der Waals surface area contributed by atoms with Crippen LogP contribution in [-0.4, -0.2) is 55.6 Å². The van der Waals surface area contributed by atoms with Crippen LogP contribution < -0.4 is 15.1 Å². The maximum atomic E-state index is 12.7. The molecule has 152 valence electrons. The normalized spacial score (nSPS) is 19.6. The Morgan fingerprint density at radius 3 is 2.41 bits per heavy atom. The van der Waals surface area contributed by atoms with E-state index < -0.39 is 0 Å². The lowest BCUT2D eigenvalue weighted by molar-refractivity contribution is -0.117. The molecule has 0 aliphatic carbocycles. The molecule has 2 aliphatic heterocycles. The highest BCUT2D eigenvalue weighted by atomic mass is 35.5. The molecule has 1 atom stereocenters. The first-order valence-electron chi connectivity index (χ1n) is 9.93. The van der Waals surface area contributed by atoms with Crippen LogP contribution in [0.5, 0.6) is 0 Å². The summed E-state index contributed by atoms with van der Waals surface area (Å²) in [6.45, 7) is 5.24. The summed E-state index contributed by atoms with van der Waals surface area (Å²) in [6.07, 6.45) is 0.333. The van der Waals surface area contributed by atoms with Gasteiger partial charge in [-0.3, -0.25) is 4.79 Å². The van der Waals surface area contributed by atoms with Gasteiger partial charge in [0.15, 0.2) is 0 Å². The molecule has 0 spiro atoms. The quantitative estimate of drug-likeness (QED) is 0.841.